The number of hydrogen-bond acceptors (Lipinski definition) is 5. The smallest absolute Gasteiger partial charge is 0.261 e. The number of thiophene rings is 1. The summed E-state index contributed by atoms with van der Waals surface area (Å²) in [7, 11) is 0. The van der Waals surface area contributed by atoms with Crippen LogP contribution < -0.4 is 5.32 Å². The van der Waals surface area contributed by atoms with Gasteiger partial charge in [0, 0.05) is 24.6 Å². The lowest BCUT2D eigenvalue weighted by Crippen LogP contribution is -2.33. The number of amides is 2. The predicted molar refractivity (Wildman–Crippen MR) is 114 cm³/mol. The topological polar surface area (TPSA) is 71.0 Å². The van der Waals surface area contributed by atoms with Gasteiger partial charge < -0.3 is 15.1 Å². The molecule has 1 saturated heterocycles. The summed E-state index contributed by atoms with van der Waals surface area (Å²) in [5.74, 6) is -0.0848. The van der Waals surface area contributed by atoms with Gasteiger partial charge in [-0.25, -0.2) is 0 Å². The van der Waals surface area contributed by atoms with Crippen LogP contribution in [0.2, 0.25) is 4.34 Å². The van der Waals surface area contributed by atoms with Gasteiger partial charge in [-0.3, -0.25) is 9.59 Å². The standard InChI is InChI=1S/C21H22ClN3O3S/c1-13-3-2-10-25(13)21(27)15-6-4-14(5-7-15)17-11-16(28-24-17)12-23-20(26)18-8-9-19(22)29-18/h4-9,13,16H,2-3,10-12H2,1H3,(H,23,26). The van der Waals surface area contributed by atoms with E-state index < -0.39 is 0 Å². The highest BCUT2D eigenvalue weighted by Crippen LogP contribution is 2.23. The number of hydrogen-bond donors (Lipinski definition) is 1. The summed E-state index contributed by atoms with van der Waals surface area (Å²) in [4.78, 5) is 32.7. The van der Waals surface area contributed by atoms with Crippen LogP contribution in [-0.2, 0) is 4.84 Å². The van der Waals surface area contributed by atoms with Crippen LogP contribution in [0, 0.1) is 0 Å². The summed E-state index contributed by atoms with van der Waals surface area (Å²) in [5.41, 5.74) is 2.44. The van der Waals surface area contributed by atoms with Crippen molar-refractivity contribution < 1.29 is 14.4 Å². The normalized spacial score (nSPS) is 21.0. The summed E-state index contributed by atoms with van der Waals surface area (Å²) in [6, 6.07) is 11.2. The Labute approximate surface area is 178 Å². The van der Waals surface area contributed by atoms with Crippen molar-refractivity contribution in [2.24, 2.45) is 5.16 Å². The second-order valence-electron chi connectivity index (χ2n) is 7.35. The molecule has 0 aliphatic carbocycles. The van der Waals surface area contributed by atoms with E-state index in [1.54, 1.807) is 12.1 Å². The lowest BCUT2D eigenvalue weighted by Gasteiger charge is -2.21. The van der Waals surface area contributed by atoms with Gasteiger partial charge in [-0.1, -0.05) is 28.9 Å². The molecule has 2 unspecified atom stereocenters. The molecule has 1 N–H and O–H groups in total. The molecule has 2 atom stereocenters. The molecule has 2 amide bonds. The quantitative estimate of drug-likeness (QED) is 0.779. The van der Waals surface area contributed by atoms with E-state index in [9.17, 15) is 9.59 Å². The molecule has 2 aliphatic heterocycles. The average molecular weight is 432 g/mol. The van der Waals surface area contributed by atoms with E-state index in [-0.39, 0.29) is 17.9 Å². The highest BCUT2D eigenvalue weighted by molar-refractivity contribution is 7.18. The number of carbonyl (C=O) groups excluding carboxylic acids is 2. The van der Waals surface area contributed by atoms with Gasteiger partial charge in [-0.15, -0.1) is 11.3 Å². The van der Waals surface area contributed by atoms with Crippen LogP contribution in [0.3, 0.4) is 0 Å². The predicted octanol–water partition coefficient (Wildman–Crippen LogP) is 3.95. The third kappa shape index (κ3) is 4.46. The van der Waals surface area contributed by atoms with Gasteiger partial charge in [0.2, 0.25) is 0 Å². The van der Waals surface area contributed by atoms with Crippen molar-refractivity contribution in [3.8, 4) is 0 Å². The summed E-state index contributed by atoms with van der Waals surface area (Å²) < 4.78 is 0.582. The number of likely N-dealkylation sites (tertiary alicyclic amines) is 1. The van der Waals surface area contributed by atoms with E-state index in [1.165, 1.54) is 11.3 Å². The van der Waals surface area contributed by atoms with E-state index >= 15 is 0 Å². The first-order chi connectivity index (χ1) is 14.0. The number of carbonyl (C=O) groups is 2. The highest BCUT2D eigenvalue weighted by atomic mass is 35.5. The van der Waals surface area contributed by atoms with Crippen LogP contribution in [0.4, 0.5) is 0 Å². The molecule has 4 rings (SSSR count). The first-order valence-corrected chi connectivity index (χ1v) is 10.9. The highest BCUT2D eigenvalue weighted by Gasteiger charge is 2.27. The molecule has 152 valence electrons. The molecule has 1 aromatic carbocycles. The van der Waals surface area contributed by atoms with Gasteiger partial charge in [-0.05, 0) is 49.6 Å². The molecule has 2 aromatic rings. The third-order valence-electron chi connectivity index (χ3n) is 5.30. The summed E-state index contributed by atoms with van der Waals surface area (Å²) in [6.07, 6.45) is 2.52. The minimum Gasteiger partial charge on any atom is -0.390 e. The van der Waals surface area contributed by atoms with Crippen molar-refractivity contribution >= 4 is 40.5 Å². The average Bonchev–Trinajstić information content (AvgIpc) is 3.47. The third-order valence-corrected chi connectivity index (χ3v) is 6.53. The number of rotatable bonds is 5. The van der Waals surface area contributed by atoms with E-state index in [2.05, 4.69) is 17.4 Å². The molecule has 0 radical (unpaired) electrons. The van der Waals surface area contributed by atoms with Crippen LogP contribution in [0.5, 0.6) is 0 Å². The molecule has 6 nitrogen and oxygen atoms in total. The Morgan fingerprint density at radius 2 is 2.07 bits per heavy atom. The summed E-state index contributed by atoms with van der Waals surface area (Å²) >= 11 is 7.11. The fraction of sp³-hybridized carbons (Fsp3) is 0.381. The van der Waals surface area contributed by atoms with Gasteiger partial charge >= 0.3 is 0 Å². The molecule has 2 aliphatic rings. The van der Waals surface area contributed by atoms with Crippen LogP contribution >= 0.6 is 22.9 Å². The van der Waals surface area contributed by atoms with Crippen LogP contribution in [-0.4, -0.2) is 47.7 Å². The van der Waals surface area contributed by atoms with Crippen molar-refractivity contribution in [3.05, 3.63) is 56.7 Å². The van der Waals surface area contributed by atoms with E-state index in [0.29, 0.717) is 33.8 Å². The molecule has 1 fully saturated rings. The van der Waals surface area contributed by atoms with E-state index in [1.807, 2.05) is 29.2 Å². The van der Waals surface area contributed by atoms with Crippen molar-refractivity contribution in [3.63, 3.8) is 0 Å². The number of benzene rings is 1. The lowest BCUT2D eigenvalue weighted by molar-refractivity contribution is 0.0746. The van der Waals surface area contributed by atoms with Gasteiger partial charge in [0.15, 0.2) is 0 Å². The molecule has 1 aromatic heterocycles. The fourth-order valence-corrected chi connectivity index (χ4v) is 4.60. The van der Waals surface area contributed by atoms with E-state index in [0.717, 1.165) is 30.7 Å². The second kappa shape index (κ2) is 8.55. The minimum absolute atomic E-state index is 0.0837. The van der Waals surface area contributed by atoms with Gasteiger partial charge in [-0.2, -0.15) is 0 Å². The Kier molecular flexibility index (Phi) is 5.87. The number of nitrogens with zero attached hydrogens (tertiary/aromatic N) is 2. The molecular weight excluding hydrogens is 410 g/mol. The van der Waals surface area contributed by atoms with Crippen molar-refractivity contribution in [2.45, 2.75) is 38.3 Å². The molecule has 0 saturated carbocycles. The second-order valence-corrected chi connectivity index (χ2v) is 9.07. The molecule has 3 heterocycles. The zero-order chi connectivity index (χ0) is 20.4. The zero-order valence-electron chi connectivity index (χ0n) is 16.1. The lowest BCUT2D eigenvalue weighted by atomic mass is 10.0. The number of halogens is 1. The Morgan fingerprint density at radius 3 is 2.72 bits per heavy atom. The van der Waals surface area contributed by atoms with Crippen molar-refractivity contribution in [1.82, 2.24) is 10.2 Å². The maximum atomic E-state index is 12.6. The van der Waals surface area contributed by atoms with Gasteiger partial charge in [0.1, 0.15) is 6.10 Å². The number of oxime groups is 1. The molecule has 8 heteroatoms. The summed E-state index contributed by atoms with van der Waals surface area (Å²) in [5, 5.41) is 7.01. The maximum absolute atomic E-state index is 12.6. The summed E-state index contributed by atoms with van der Waals surface area (Å²) in [6.45, 7) is 3.29. The largest absolute Gasteiger partial charge is 0.390 e. The number of nitrogens with one attached hydrogen (secondary N) is 1. The molecular formula is C21H22ClN3O3S. The Balaban J connectivity index is 1.31. The monoisotopic (exact) mass is 431 g/mol. The van der Waals surface area contributed by atoms with Gasteiger partial charge in [0.25, 0.3) is 11.8 Å². The fourth-order valence-electron chi connectivity index (χ4n) is 3.64. The minimum atomic E-state index is -0.212. The van der Waals surface area contributed by atoms with E-state index in [4.69, 9.17) is 16.4 Å². The van der Waals surface area contributed by atoms with Crippen LogP contribution in [0.1, 0.15) is 51.8 Å². The molecule has 0 bridgehead atoms. The van der Waals surface area contributed by atoms with Crippen LogP contribution in [0.25, 0.3) is 0 Å². The van der Waals surface area contributed by atoms with Crippen LogP contribution in [0.15, 0.2) is 41.6 Å². The molecule has 0 spiro atoms. The Morgan fingerprint density at radius 1 is 1.28 bits per heavy atom. The SMILES string of the molecule is CC1CCCN1C(=O)c1ccc(C2=NOC(CNC(=O)c3ccc(Cl)s3)C2)cc1. The van der Waals surface area contributed by atoms with Crippen molar-refractivity contribution in [2.75, 3.05) is 13.1 Å². The zero-order valence-corrected chi connectivity index (χ0v) is 17.6. The van der Waals surface area contributed by atoms with Crippen molar-refractivity contribution in [1.29, 1.82) is 0 Å². The maximum Gasteiger partial charge on any atom is 0.261 e. The van der Waals surface area contributed by atoms with Gasteiger partial charge in [0.05, 0.1) is 21.5 Å². The first-order valence-electron chi connectivity index (χ1n) is 9.69. The molecule has 29 heavy (non-hydrogen) atoms. The Hall–Kier alpha value is -2.38. The first kappa shape index (κ1) is 19.9. The Bertz CT molecular complexity index is 941.